The van der Waals surface area contributed by atoms with Crippen LogP contribution >= 0.6 is 0 Å². The molecule has 0 atom stereocenters. The van der Waals surface area contributed by atoms with E-state index in [9.17, 15) is 19.8 Å². The number of aromatic hydroxyl groups is 2. The fourth-order valence-corrected chi connectivity index (χ4v) is 1.32. The van der Waals surface area contributed by atoms with Gasteiger partial charge in [0.25, 0.3) is 5.91 Å². The molecule has 0 fully saturated rings. The van der Waals surface area contributed by atoms with Crippen LogP contribution < -0.4 is 10.6 Å². The highest BCUT2D eigenvalue weighted by molar-refractivity contribution is 5.97. The van der Waals surface area contributed by atoms with Crippen LogP contribution in [0.3, 0.4) is 0 Å². The third kappa shape index (κ3) is 4.32. The average molecular weight is 252 g/mol. The largest absolute Gasteiger partial charge is 0.508 e. The molecule has 0 saturated carbocycles. The molecule has 0 aliphatic rings. The van der Waals surface area contributed by atoms with Gasteiger partial charge in [0.15, 0.2) is 0 Å². The molecule has 0 saturated heterocycles. The Hall–Kier alpha value is -2.24. The van der Waals surface area contributed by atoms with Gasteiger partial charge in [0.1, 0.15) is 11.5 Å². The highest BCUT2D eigenvalue weighted by Crippen LogP contribution is 2.20. The minimum Gasteiger partial charge on any atom is -0.508 e. The zero-order valence-electron chi connectivity index (χ0n) is 10.1. The maximum Gasteiger partial charge on any atom is 0.251 e. The van der Waals surface area contributed by atoms with Gasteiger partial charge in [-0.2, -0.15) is 0 Å². The number of hydrogen-bond donors (Lipinski definition) is 4. The normalized spacial score (nSPS) is 9.83. The second-order valence-corrected chi connectivity index (χ2v) is 3.77. The summed E-state index contributed by atoms with van der Waals surface area (Å²) >= 11 is 0. The molecule has 1 rings (SSSR count). The van der Waals surface area contributed by atoms with Gasteiger partial charge < -0.3 is 20.8 Å². The van der Waals surface area contributed by atoms with E-state index in [-0.39, 0.29) is 29.5 Å². The molecule has 1 aromatic carbocycles. The Bertz CT molecular complexity index is 425. The average Bonchev–Trinajstić information content (AvgIpc) is 2.32. The van der Waals surface area contributed by atoms with Crippen molar-refractivity contribution in [2.24, 2.45) is 0 Å². The van der Waals surface area contributed by atoms with Crippen molar-refractivity contribution in [1.82, 2.24) is 10.6 Å². The van der Waals surface area contributed by atoms with Crippen molar-refractivity contribution in [1.29, 1.82) is 0 Å². The first-order valence-corrected chi connectivity index (χ1v) is 5.61. The van der Waals surface area contributed by atoms with Crippen molar-refractivity contribution in [2.75, 3.05) is 13.1 Å². The molecule has 18 heavy (non-hydrogen) atoms. The second kappa shape index (κ2) is 6.48. The number of phenolic OH excluding ortho intramolecular Hbond substituents is 2. The lowest BCUT2D eigenvalue weighted by Gasteiger charge is -2.06. The fraction of sp³-hybridized carbons (Fsp3) is 0.333. The smallest absolute Gasteiger partial charge is 0.251 e. The van der Waals surface area contributed by atoms with Gasteiger partial charge in [-0.15, -0.1) is 0 Å². The molecule has 0 bridgehead atoms. The number of phenols is 2. The Morgan fingerprint density at radius 3 is 2.28 bits per heavy atom. The molecule has 6 heteroatoms. The first kappa shape index (κ1) is 13.8. The standard InChI is InChI=1S/C12H16N2O4/c1-2-3-13-11(17)7-14-12(18)8-4-9(15)6-10(16)5-8/h4-6,15-16H,2-3,7H2,1H3,(H,13,17)(H,14,18). The quantitative estimate of drug-likeness (QED) is 0.608. The lowest BCUT2D eigenvalue weighted by atomic mass is 10.2. The van der Waals surface area contributed by atoms with E-state index in [1.54, 1.807) is 0 Å². The Morgan fingerprint density at radius 2 is 1.72 bits per heavy atom. The third-order valence-corrected chi connectivity index (χ3v) is 2.15. The van der Waals surface area contributed by atoms with Gasteiger partial charge in [-0.3, -0.25) is 9.59 Å². The molecule has 0 unspecified atom stereocenters. The van der Waals surface area contributed by atoms with Crippen molar-refractivity contribution in [3.05, 3.63) is 23.8 Å². The van der Waals surface area contributed by atoms with Crippen LogP contribution in [0.4, 0.5) is 0 Å². The van der Waals surface area contributed by atoms with Crippen molar-refractivity contribution in [3.63, 3.8) is 0 Å². The number of nitrogens with one attached hydrogen (secondary N) is 2. The van der Waals surface area contributed by atoms with Gasteiger partial charge in [0.05, 0.1) is 6.54 Å². The Balaban J connectivity index is 2.52. The van der Waals surface area contributed by atoms with Crippen LogP contribution in [0.15, 0.2) is 18.2 Å². The topological polar surface area (TPSA) is 98.7 Å². The van der Waals surface area contributed by atoms with E-state index in [1.165, 1.54) is 12.1 Å². The van der Waals surface area contributed by atoms with Crippen LogP contribution in [-0.4, -0.2) is 35.1 Å². The van der Waals surface area contributed by atoms with Crippen LogP contribution in [-0.2, 0) is 4.79 Å². The second-order valence-electron chi connectivity index (χ2n) is 3.77. The molecule has 0 aliphatic heterocycles. The lowest BCUT2D eigenvalue weighted by Crippen LogP contribution is -2.37. The molecular weight excluding hydrogens is 236 g/mol. The van der Waals surface area contributed by atoms with E-state index < -0.39 is 5.91 Å². The van der Waals surface area contributed by atoms with E-state index >= 15 is 0 Å². The third-order valence-electron chi connectivity index (χ3n) is 2.15. The van der Waals surface area contributed by atoms with Crippen LogP contribution in [0, 0.1) is 0 Å². The van der Waals surface area contributed by atoms with E-state index in [4.69, 9.17) is 0 Å². The zero-order chi connectivity index (χ0) is 13.5. The van der Waals surface area contributed by atoms with Crippen LogP contribution in [0.1, 0.15) is 23.7 Å². The van der Waals surface area contributed by atoms with Crippen LogP contribution in [0.2, 0.25) is 0 Å². The summed E-state index contributed by atoms with van der Waals surface area (Å²) in [6, 6.07) is 3.53. The number of hydrogen-bond acceptors (Lipinski definition) is 4. The Kier molecular flexibility index (Phi) is 4.98. The monoisotopic (exact) mass is 252 g/mol. The zero-order valence-corrected chi connectivity index (χ0v) is 10.1. The van der Waals surface area contributed by atoms with Crippen molar-refractivity contribution >= 4 is 11.8 Å². The Labute approximate surface area is 105 Å². The molecule has 2 amide bonds. The maximum absolute atomic E-state index is 11.6. The summed E-state index contributed by atoms with van der Waals surface area (Å²) in [5.41, 5.74) is 0.0933. The number of amides is 2. The lowest BCUT2D eigenvalue weighted by molar-refractivity contribution is -0.120. The highest BCUT2D eigenvalue weighted by atomic mass is 16.3. The summed E-state index contributed by atoms with van der Waals surface area (Å²) in [6.45, 7) is 2.34. The summed E-state index contributed by atoms with van der Waals surface area (Å²) in [7, 11) is 0. The van der Waals surface area contributed by atoms with Gasteiger partial charge in [0, 0.05) is 18.2 Å². The summed E-state index contributed by atoms with van der Waals surface area (Å²) < 4.78 is 0. The Morgan fingerprint density at radius 1 is 1.11 bits per heavy atom. The highest BCUT2D eigenvalue weighted by Gasteiger charge is 2.09. The predicted molar refractivity (Wildman–Crippen MR) is 65.4 cm³/mol. The van der Waals surface area contributed by atoms with Crippen LogP contribution in [0.5, 0.6) is 11.5 Å². The van der Waals surface area contributed by atoms with Crippen molar-refractivity contribution < 1.29 is 19.8 Å². The first-order valence-electron chi connectivity index (χ1n) is 5.61. The van der Waals surface area contributed by atoms with Gasteiger partial charge in [-0.05, 0) is 18.6 Å². The number of benzene rings is 1. The number of carbonyl (C=O) groups is 2. The molecule has 98 valence electrons. The molecule has 6 nitrogen and oxygen atoms in total. The summed E-state index contributed by atoms with van der Waals surface area (Å²) in [4.78, 5) is 22.9. The molecule has 0 aliphatic carbocycles. The molecule has 0 aromatic heterocycles. The predicted octanol–water partition coefficient (Wildman–Crippen LogP) is 0.354. The van der Waals surface area contributed by atoms with E-state index in [0.717, 1.165) is 12.5 Å². The molecule has 1 aromatic rings. The molecular formula is C12H16N2O4. The summed E-state index contributed by atoms with van der Waals surface area (Å²) in [5.74, 6) is -1.24. The van der Waals surface area contributed by atoms with E-state index in [0.29, 0.717) is 6.54 Å². The number of carbonyl (C=O) groups excluding carboxylic acids is 2. The molecule has 4 N–H and O–H groups in total. The summed E-state index contributed by atoms with van der Waals surface area (Å²) in [6.07, 6.45) is 0.820. The van der Waals surface area contributed by atoms with E-state index in [1.807, 2.05) is 6.92 Å². The van der Waals surface area contributed by atoms with Crippen molar-refractivity contribution in [3.8, 4) is 11.5 Å². The molecule has 0 spiro atoms. The van der Waals surface area contributed by atoms with Crippen molar-refractivity contribution in [2.45, 2.75) is 13.3 Å². The minimum absolute atomic E-state index is 0.0933. The molecule has 0 radical (unpaired) electrons. The number of rotatable bonds is 5. The first-order chi connectivity index (χ1) is 8.52. The van der Waals surface area contributed by atoms with Gasteiger partial charge in [0.2, 0.25) is 5.91 Å². The maximum atomic E-state index is 11.6. The molecule has 0 heterocycles. The van der Waals surface area contributed by atoms with E-state index in [2.05, 4.69) is 10.6 Å². The fourth-order valence-electron chi connectivity index (χ4n) is 1.32. The van der Waals surface area contributed by atoms with Gasteiger partial charge in [-0.25, -0.2) is 0 Å². The van der Waals surface area contributed by atoms with Gasteiger partial charge >= 0.3 is 0 Å². The van der Waals surface area contributed by atoms with Crippen LogP contribution in [0.25, 0.3) is 0 Å². The van der Waals surface area contributed by atoms with Gasteiger partial charge in [-0.1, -0.05) is 6.92 Å². The summed E-state index contributed by atoms with van der Waals surface area (Å²) in [5, 5.41) is 23.4. The SMILES string of the molecule is CCCNC(=O)CNC(=O)c1cc(O)cc(O)c1. The minimum atomic E-state index is -0.534.